The molecule has 0 fully saturated rings. The minimum atomic E-state index is -1.26. The van der Waals surface area contributed by atoms with E-state index in [4.69, 9.17) is 28.9 Å². The average molecular weight is 314 g/mol. The van der Waals surface area contributed by atoms with Gasteiger partial charge in [-0.15, -0.1) is 0 Å². The number of hydrogen-bond donors (Lipinski definition) is 1. The summed E-state index contributed by atoms with van der Waals surface area (Å²) in [4.78, 5) is 0.494. The van der Waals surface area contributed by atoms with E-state index in [-0.39, 0.29) is 0 Å². The molecule has 0 saturated heterocycles. The van der Waals surface area contributed by atoms with Crippen LogP contribution in [0.2, 0.25) is 10.0 Å². The van der Waals surface area contributed by atoms with Gasteiger partial charge in [0.05, 0.1) is 31.5 Å². The van der Waals surface area contributed by atoms with Gasteiger partial charge in [0.2, 0.25) is 0 Å². The molecule has 5 heteroatoms. The lowest BCUT2D eigenvalue weighted by Crippen LogP contribution is -2.00. The summed E-state index contributed by atoms with van der Waals surface area (Å²) in [5.41, 5.74) is 7.55. The van der Waals surface area contributed by atoms with E-state index in [0.29, 0.717) is 27.2 Å². The molecule has 0 aliphatic rings. The molecule has 0 aliphatic carbocycles. The Bertz CT molecular complexity index is 579. The fourth-order valence-corrected chi connectivity index (χ4v) is 3.82. The Kier molecular flexibility index (Phi) is 4.99. The SMILES string of the molecule is NCc1ccc(CS(=O)c2c(Cl)cccc2Cl)cc1. The minimum Gasteiger partial charge on any atom is -0.326 e. The van der Waals surface area contributed by atoms with Gasteiger partial charge in [-0.05, 0) is 23.3 Å². The largest absolute Gasteiger partial charge is 0.326 e. The second-order valence-corrected chi connectivity index (χ2v) is 6.26. The maximum Gasteiger partial charge on any atom is 0.0763 e. The summed E-state index contributed by atoms with van der Waals surface area (Å²) in [6, 6.07) is 12.8. The summed E-state index contributed by atoms with van der Waals surface area (Å²) < 4.78 is 12.3. The van der Waals surface area contributed by atoms with Gasteiger partial charge in [0.25, 0.3) is 0 Å². The number of nitrogens with two attached hydrogens (primary N) is 1. The van der Waals surface area contributed by atoms with E-state index in [2.05, 4.69) is 0 Å². The molecular weight excluding hydrogens is 301 g/mol. The van der Waals surface area contributed by atoms with Crippen LogP contribution in [0.1, 0.15) is 11.1 Å². The van der Waals surface area contributed by atoms with E-state index in [1.807, 2.05) is 24.3 Å². The summed E-state index contributed by atoms with van der Waals surface area (Å²) in [7, 11) is -1.26. The molecular formula is C14H13Cl2NOS. The van der Waals surface area contributed by atoms with Crippen LogP contribution in [0.5, 0.6) is 0 Å². The van der Waals surface area contributed by atoms with Gasteiger partial charge in [-0.25, -0.2) is 0 Å². The Morgan fingerprint density at radius 1 is 0.947 bits per heavy atom. The molecule has 2 aromatic rings. The lowest BCUT2D eigenvalue weighted by Gasteiger charge is -2.07. The van der Waals surface area contributed by atoms with E-state index in [1.165, 1.54) is 0 Å². The third-order valence-electron chi connectivity index (χ3n) is 2.70. The highest BCUT2D eigenvalue weighted by Gasteiger charge is 2.13. The van der Waals surface area contributed by atoms with Crippen molar-refractivity contribution in [3.8, 4) is 0 Å². The monoisotopic (exact) mass is 313 g/mol. The zero-order valence-corrected chi connectivity index (χ0v) is 12.4. The molecule has 19 heavy (non-hydrogen) atoms. The molecule has 2 rings (SSSR count). The molecule has 2 nitrogen and oxygen atoms in total. The first-order valence-electron chi connectivity index (χ1n) is 5.72. The van der Waals surface area contributed by atoms with Gasteiger partial charge in [-0.3, -0.25) is 4.21 Å². The zero-order chi connectivity index (χ0) is 13.8. The van der Waals surface area contributed by atoms with Gasteiger partial charge < -0.3 is 5.73 Å². The molecule has 0 bridgehead atoms. The lowest BCUT2D eigenvalue weighted by molar-refractivity contribution is 0.682. The zero-order valence-electron chi connectivity index (χ0n) is 10.1. The van der Waals surface area contributed by atoms with Crippen LogP contribution < -0.4 is 5.73 Å². The highest BCUT2D eigenvalue weighted by atomic mass is 35.5. The van der Waals surface area contributed by atoms with Crippen molar-refractivity contribution in [1.29, 1.82) is 0 Å². The van der Waals surface area contributed by atoms with Crippen LogP contribution in [0, 0.1) is 0 Å². The number of halogens is 2. The third kappa shape index (κ3) is 3.57. The molecule has 0 aromatic heterocycles. The number of rotatable bonds is 4. The van der Waals surface area contributed by atoms with Crippen LogP contribution in [-0.4, -0.2) is 4.21 Å². The van der Waals surface area contributed by atoms with Gasteiger partial charge in [0.1, 0.15) is 0 Å². The summed E-state index contributed by atoms with van der Waals surface area (Å²) in [6.07, 6.45) is 0. The first-order chi connectivity index (χ1) is 9.11. The molecule has 0 radical (unpaired) electrons. The standard InChI is InChI=1S/C14H13Cl2NOS/c15-12-2-1-3-13(16)14(12)19(18)9-11-6-4-10(8-17)5-7-11/h1-7H,8-9,17H2. The second kappa shape index (κ2) is 6.53. The smallest absolute Gasteiger partial charge is 0.0763 e. The molecule has 2 N–H and O–H groups in total. The second-order valence-electron chi connectivity index (χ2n) is 4.06. The minimum absolute atomic E-state index is 0.383. The van der Waals surface area contributed by atoms with Gasteiger partial charge in [0.15, 0.2) is 0 Å². The van der Waals surface area contributed by atoms with E-state index in [9.17, 15) is 4.21 Å². The fraction of sp³-hybridized carbons (Fsp3) is 0.143. The topological polar surface area (TPSA) is 43.1 Å². The molecule has 0 saturated carbocycles. The Hall–Kier alpha value is -0.870. The van der Waals surface area contributed by atoms with Crippen LogP contribution in [0.4, 0.5) is 0 Å². The van der Waals surface area contributed by atoms with Crippen LogP contribution in [0.3, 0.4) is 0 Å². The van der Waals surface area contributed by atoms with Crippen molar-refractivity contribution in [2.75, 3.05) is 0 Å². The maximum absolute atomic E-state index is 12.3. The van der Waals surface area contributed by atoms with Gasteiger partial charge in [0, 0.05) is 6.54 Å². The van der Waals surface area contributed by atoms with Crippen LogP contribution in [0.15, 0.2) is 47.4 Å². The van der Waals surface area contributed by atoms with E-state index >= 15 is 0 Å². The van der Waals surface area contributed by atoms with Crippen molar-refractivity contribution >= 4 is 34.0 Å². The highest BCUT2D eigenvalue weighted by Crippen LogP contribution is 2.29. The van der Waals surface area contributed by atoms with Crippen molar-refractivity contribution in [3.63, 3.8) is 0 Å². The Balaban J connectivity index is 2.21. The van der Waals surface area contributed by atoms with Gasteiger partial charge in [-0.2, -0.15) is 0 Å². The third-order valence-corrected chi connectivity index (χ3v) is 5.05. The summed E-state index contributed by atoms with van der Waals surface area (Å²) >= 11 is 12.1. The predicted molar refractivity (Wildman–Crippen MR) is 80.9 cm³/mol. The summed E-state index contributed by atoms with van der Waals surface area (Å²) in [5.74, 6) is 0.383. The van der Waals surface area contributed by atoms with Crippen LogP contribution >= 0.6 is 23.2 Å². The lowest BCUT2D eigenvalue weighted by atomic mass is 10.1. The fourth-order valence-electron chi connectivity index (χ4n) is 1.70. The molecule has 0 spiro atoms. The van der Waals surface area contributed by atoms with E-state index in [1.54, 1.807) is 18.2 Å². The molecule has 0 amide bonds. The van der Waals surface area contributed by atoms with Crippen molar-refractivity contribution in [2.24, 2.45) is 5.73 Å². The normalized spacial score (nSPS) is 12.4. The number of hydrogen-bond acceptors (Lipinski definition) is 2. The maximum atomic E-state index is 12.3. The molecule has 2 aromatic carbocycles. The van der Waals surface area contributed by atoms with Gasteiger partial charge in [-0.1, -0.05) is 53.5 Å². The molecule has 1 atom stereocenters. The summed E-state index contributed by atoms with van der Waals surface area (Å²) in [5, 5.41) is 0.869. The average Bonchev–Trinajstić information content (AvgIpc) is 2.39. The highest BCUT2D eigenvalue weighted by molar-refractivity contribution is 7.84. The van der Waals surface area contributed by atoms with E-state index < -0.39 is 10.8 Å². The Morgan fingerprint density at radius 2 is 1.47 bits per heavy atom. The van der Waals surface area contributed by atoms with Crippen molar-refractivity contribution in [1.82, 2.24) is 0 Å². The van der Waals surface area contributed by atoms with Gasteiger partial charge >= 0.3 is 0 Å². The van der Waals surface area contributed by atoms with Crippen molar-refractivity contribution in [2.45, 2.75) is 17.2 Å². The van der Waals surface area contributed by atoms with Crippen LogP contribution in [-0.2, 0) is 23.1 Å². The molecule has 0 aliphatic heterocycles. The first-order valence-corrected chi connectivity index (χ1v) is 7.79. The number of benzene rings is 2. The van der Waals surface area contributed by atoms with Crippen molar-refractivity contribution < 1.29 is 4.21 Å². The molecule has 1 unspecified atom stereocenters. The molecule has 100 valence electrons. The first kappa shape index (κ1) is 14.5. The van der Waals surface area contributed by atoms with Crippen molar-refractivity contribution in [3.05, 3.63) is 63.6 Å². The quantitative estimate of drug-likeness (QED) is 0.934. The Morgan fingerprint density at radius 3 is 2.00 bits per heavy atom. The summed E-state index contributed by atoms with van der Waals surface area (Å²) in [6.45, 7) is 0.500. The Labute approximate surface area is 125 Å². The van der Waals surface area contributed by atoms with Crippen LogP contribution in [0.25, 0.3) is 0 Å². The predicted octanol–water partition coefficient (Wildman–Crippen LogP) is 3.76. The molecule has 0 heterocycles. The van der Waals surface area contributed by atoms with E-state index in [0.717, 1.165) is 11.1 Å².